The van der Waals surface area contributed by atoms with Gasteiger partial charge >= 0.3 is 23.9 Å². The average Bonchev–Trinajstić information content (AvgIpc) is 3.96. The number of ether oxygens (including phenoxy) is 4. The zero-order valence-electron chi connectivity index (χ0n) is 45.1. The summed E-state index contributed by atoms with van der Waals surface area (Å²) < 4.78 is 24.4. The number of rotatable bonds is 0. The molecule has 11 rings (SSSR count). The third-order valence-corrected chi connectivity index (χ3v) is 19.0. The van der Waals surface area contributed by atoms with Gasteiger partial charge in [0.05, 0.1) is 72.9 Å². The van der Waals surface area contributed by atoms with Crippen LogP contribution in [0.25, 0.3) is 46.4 Å². The van der Waals surface area contributed by atoms with Gasteiger partial charge < -0.3 is 28.9 Å². The molecule has 0 spiro atoms. The normalized spacial score (nSPS) is 30.6. The Hall–Kier alpha value is -5.52. The number of H-pyrrole nitrogens is 2. The Balaban J connectivity index is 1.16. The summed E-state index contributed by atoms with van der Waals surface area (Å²) in [7, 11) is 0. The molecule has 74 heavy (non-hydrogen) atoms. The molecule has 2 N–H and O–H groups in total. The first-order valence-electron chi connectivity index (χ1n) is 28.3. The van der Waals surface area contributed by atoms with Crippen LogP contribution in [0.5, 0.6) is 0 Å². The van der Waals surface area contributed by atoms with Crippen LogP contribution < -0.4 is 0 Å². The van der Waals surface area contributed by atoms with Crippen LogP contribution >= 0.6 is 0 Å². The summed E-state index contributed by atoms with van der Waals surface area (Å²) in [6.45, 7) is 18.7. The molecular weight excluding hydrogens is 929 g/mol. The number of hydrogen-bond acceptors (Lipinski definition) is 10. The van der Waals surface area contributed by atoms with Crippen LogP contribution in [-0.2, 0) is 38.1 Å². The number of fused-ring (bicyclic) bond motifs is 16. The number of esters is 4. The van der Waals surface area contributed by atoms with Crippen molar-refractivity contribution in [2.75, 3.05) is 26.4 Å². The van der Waals surface area contributed by atoms with Gasteiger partial charge in [-0.3, -0.25) is 19.2 Å². The van der Waals surface area contributed by atoms with Crippen LogP contribution in [0.2, 0.25) is 0 Å². The van der Waals surface area contributed by atoms with Gasteiger partial charge in [0.25, 0.3) is 0 Å². The predicted octanol–water partition coefficient (Wildman–Crippen LogP) is 13.3. The lowest BCUT2D eigenvalue weighted by atomic mass is 10.0. The van der Waals surface area contributed by atoms with E-state index in [1.165, 1.54) is 0 Å². The molecule has 12 nitrogen and oxygen atoms in total. The molecule has 7 heterocycles. The number of aromatic nitrogens is 4. The average molecular weight is 1010 g/mol. The SMILES string of the molecule is CC1(C)[C@@H]2C(=O)OCCCCCCCCCOC(=O)[C@@H]3[C@H](c4c5nc(c(c6ccc([nH]6)c6c7nc(c(c8ccc4[nH]8)[C@H]4[C@@H](C(=O)OCCCCCCCCCOC(=O)[C@@H]8[C@H]6C8(C)C)C4(C)C)C=C7)[C@@H]21)C=C5)C3(C)C. The fourth-order valence-corrected chi connectivity index (χ4v) is 14.3. The largest absolute Gasteiger partial charge is 0.465 e. The first-order valence-corrected chi connectivity index (χ1v) is 28.3. The third kappa shape index (κ3) is 8.95. The molecule has 12 heteroatoms. The van der Waals surface area contributed by atoms with Gasteiger partial charge in [-0.05, 0) is 95.9 Å². The highest BCUT2D eigenvalue weighted by Gasteiger charge is 2.67. The summed E-state index contributed by atoms with van der Waals surface area (Å²) in [4.78, 5) is 75.8. The molecule has 8 atom stereocenters. The van der Waals surface area contributed by atoms with Crippen molar-refractivity contribution in [2.24, 2.45) is 45.3 Å². The van der Waals surface area contributed by atoms with E-state index in [2.05, 4.69) is 114 Å². The van der Waals surface area contributed by atoms with Crippen molar-refractivity contribution in [2.45, 2.75) is 169 Å². The van der Waals surface area contributed by atoms with E-state index in [4.69, 9.17) is 28.9 Å². The summed E-state index contributed by atoms with van der Waals surface area (Å²) in [6, 6.07) is 8.38. The van der Waals surface area contributed by atoms with Crippen LogP contribution in [-0.4, -0.2) is 70.2 Å². The van der Waals surface area contributed by atoms with Crippen molar-refractivity contribution in [1.82, 2.24) is 19.9 Å². The minimum absolute atomic E-state index is 0.181. The second-order valence-corrected chi connectivity index (χ2v) is 25.4. The first kappa shape index (κ1) is 50.6. The highest BCUT2D eigenvalue weighted by atomic mass is 16.5. The van der Waals surface area contributed by atoms with E-state index in [-0.39, 0.29) is 47.5 Å². The van der Waals surface area contributed by atoms with E-state index < -0.39 is 45.3 Å². The lowest BCUT2D eigenvalue weighted by Gasteiger charge is -2.09. The molecule has 0 unspecified atom stereocenters. The lowest BCUT2D eigenvalue weighted by Crippen LogP contribution is -2.12. The first-order chi connectivity index (χ1) is 35.5. The highest BCUT2D eigenvalue weighted by Crippen LogP contribution is 2.70. The second kappa shape index (κ2) is 19.2. The van der Waals surface area contributed by atoms with E-state index >= 15 is 0 Å². The van der Waals surface area contributed by atoms with Crippen LogP contribution in [0.1, 0.15) is 214 Å². The van der Waals surface area contributed by atoms with Crippen molar-refractivity contribution in [3.63, 3.8) is 0 Å². The Morgan fingerprint density at radius 1 is 0.338 bits per heavy atom. The fraction of sp³-hybridized carbons (Fsp3) is 0.613. The molecule has 0 radical (unpaired) electrons. The van der Waals surface area contributed by atoms with Crippen molar-refractivity contribution >= 4 is 70.2 Å². The van der Waals surface area contributed by atoms with E-state index in [9.17, 15) is 19.2 Å². The van der Waals surface area contributed by atoms with Crippen LogP contribution in [0, 0.1) is 45.3 Å². The molecular formula is C62H78N4O8. The number of carbonyl (C=O) groups is 4. The molecule has 12 bridgehead atoms. The van der Waals surface area contributed by atoms with Gasteiger partial charge in [-0.25, -0.2) is 9.97 Å². The monoisotopic (exact) mass is 1010 g/mol. The molecule has 3 aromatic heterocycles. The molecule has 0 amide bonds. The molecule has 4 aliphatic carbocycles. The molecule has 4 fully saturated rings. The van der Waals surface area contributed by atoms with Crippen molar-refractivity contribution in [3.05, 3.63) is 69.3 Å². The molecule has 4 aliphatic heterocycles. The topological polar surface area (TPSA) is 163 Å². The second-order valence-electron chi connectivity index (χ2n) is 25.4. The molecule has 4 saturated carbocycles. The quantitative estimate of drug-likeness (QED) is 0.113. The highest BCUT2D eigenvalue weighted by molar-refractivity contribution is 5.91. The van der Waals surface area contributed by atoms with Gasteiger partial charge in [0.2, 0.25) is 0 Å². The Morgan fingerprint density at radius 3 is 0.757 bits per heavy atom. The number of cyclic esters (lactones) is 4. The Labute approximate surface area is 436 Å². The van der Waals surface area contributed by atoms with E-state index in [0.717, 1.165) is 157 Å². The Bertz CT molecular complexity index is 2600. The maximum Gasteiger partial charge on any atom is 0.310 e. The number of aromatic amines is 2. The Kier molecular flexibility index (Phi) is 13.2. The zero-order valence-corrected chi connectivity index (χ0v) is 45.1. The minimum Gasteiger partial charge on any atom is -0.465 e. The molecule has 0 saturated heterocycles. The third-order valence-electron chi connectivity index (χ3n) is 19.0. The van der Waals surface area contributed by atoms with Gasteiger partial charge in [0, 0.05) is 68.0 Å². The van der Waals surface area contributed by atoms with Crippen LogP contribution in [0.3, 0.4) is 0 Å². The number of carbonyl (C=O) groups excluding carboxylic acids is 4. The number of nitrogens with zero attached hydrogens (tertiary/aromatic N) is 2. The van der Waals surface area contributed by atoms with Crippen molar-refractivity contribution in [1.29, 1.82) is 0 Å². The summed E-state index contributed by atoms with van der Waals surface area (Å²) in [6.07, 6.45) is 21.9. The van der Waals surface area contributed by atoms with Gasteiger partial charge in [0.15, 0.2) is 0 Å². The number of hydrogen-bond donors (Lipinski definition) is 2. The van der Waals surface area contributed by atoms with Gasteiger partial charge in [-0.15, -0.1) is 0 Å². The maximum atomic E-state index is 14.2. The summed E-state index contributed by atoms with van der Waals surface area (Å²) in [5.41, 5.74) is 8.26. The van der Waals surface area contributed by atoms with Gasteiger partial charge in [0.1, 0.15) is 0 Å². The fourth-order valence-electron chi connectivity index (χ4n) is 14.3. The Morgan fingerprint density at radius 2 is 0.541 bits per heavy atom. The summed E-state index contributed by atoms with van der Waals surface area (Å²) in [5, 5.41) is 0. The molecule has 3 aromatic rings. The van der Waals surface area contributed by atoms with Gasteiger partial charge in [-0.1, -0.05) is 120 Å². The van der Waals surface area contributed by atoms with E-state index in [1.54, 1.807) is 0 Å². The molecule has 0 aromatic carbocycles. The van der Waals surface area contributed by atoms with E-state index in [1.807, 2.05) is 0 Å². The van der Waals surface area contributed by atoms with Crippen molar-refractivity contribution < 1.29 is 38.1 Å². The zero-order chi connectivity index (χ0) is 51.9. The number of nitrogens with one attached hydrogen (secondary N) is 2. The van der Waals surface area contributed by atoms with Crippen LogP contribution in [0.4, 0.5) is 0 Å². The molecule has 394 valence electrons. The molecule has 8 aliphatic rings. The maximum absolute atomic E-state index is 14.2. The summed E-state index contributed by atoms with van der Waals surface area (Å²) in [5.74, 6) is -3.17. The van der Waals surface area contributed by atoms with Gasteiger partial charge in [-0.2, -0.15) is 0 Å². The smallest absolute Gasteiger partial charge is 0.310 e. The van der Waals surface area contributed by atoms with E-state index in [0.29, 0.717) is 26.4 Å². The predicted molar refractivity (Wildman–Crippen MR) is 287 cm³/mol. The standard InChI is InChI=1S/C62H78N4O8/c1-59(2)47-43-35-23-24-36(63-35)44(48-52(60(48,3)4)56(68)72-32-20-16-12-9-11-15-19-31-71-55(67)51(47)59)41-29-30-42(66-41)46-38-26-25-37(64-38)45(40-28-27-39(43)65-40)49-53(61(49,5)6)57(69)73-33-21-17-13-10-14-18-22-34-74-58(70)54-50(46)62(54,7)8/h23-30,47-54,65-66H,9-22,31-34H2,1-8H3/t47-,48-,49-,50-,51-,52-,53-,54-/m0/s1. The van der Waals surface area contributed by atoms with Crippen molar-refractivity contribution in [3.8, 4) is 0 Å². The summed E-state index contributed by atoms with van der Waals surface area (Å²) >= 11 is 0. The lowest BCUT2D eigenvalue weighted by molar-refractivity contribution is -0.147. The van der Waals surface area contributed by atoms with Crippen LogP contribution in [0.15, 0.2) is 24.3 Å². The minimum atomic E-state index is -0.437.